The van der Waals surface area contributed by atoms with Gasteiger partial charge in [-0.05, 0) is 37.1 Å². The summed E-state index contributed by atoms with van der Waals surface area (Å²) in [6.45, 7) is 3.88. The van der Waals surface area contributed by atoms with E-state index in [0.29, 0.717) is 10.7 Å². The van der Waals surface area contributed by atoms with Gasteiger partial charge in [0.15, 0.2) is 0 Å². The zero-order valence-electron chi connectivity index (χ0n) is 11.2. The highest BCUT2D eigenvalue weighted by Gasteiger charge is 2.11. The third-order valence-corrected chi connectivity index (χ3v) is 3.29. The number of carboxylic acid groups (broad SMARTS) is 1. The Kier molecular flexibility index (Phi) is 5.18. The summed E-state index contributed by atoms with van der Waals surface area (Å²) in [5, 5.41) is 12.0. The lowest BCUT2D eigenvalue weighted by atomic mass is 10.1. The number of carbonyl (C=O) groups excluding carboxylic acids is 1. The van der Waals surface area contributed by atoms with Crippen LogP contribution in [0.25, 0.3) is 0 Å². The number of aryl methyl sites for hydroxylation is 2. The van der Waals surface area contributed by atoms with Crippen molar-refractivity contribution in [1.82, 2.24) is 4.90 Å². The topological polar surface area (TPSA) is 69.6 Å². The van der Waals surface area contributed by atoms with E-state index in [9.17, 15) is 9.59 Å². The zero-order chi connectivity index (χ0) is 14.6. The Morgan fingerprint density at radius 1 is 1.32 bits per heavy atom. The van der Waals surface area contributed by atoms with Crippen LogP contribution in [-0.4, -0.2) is 35.6 Å². The molecule has 0 unspecified atom stereocenters. The van der Waals surface area contributed by atoms with Gasteiger partial charge in [0.2, 0.25) is 0 Å². The molecule has 1 aromatic rings. The molecule has 0 saturated carbocycles. The maximum Gasteiger partial charge on any atom is 0.321 e. The third kappa shape index (κ3) is 4.44. The molecule has 0 bridgehead atoms. The van der Waals surface area contributed by atoms with Crippen LogP contribution in [0.2, 0.25) is 5.02 Å². The molecule has 19 heavy (non-hydrogen) atoms. The van der Waals surface area contributed by atoms with Crippen molar-refractivity contribution >= 4 is 29.3 Å². The first-order valence-electron chi connectivity index (χ1n) is 5.82. The van der Waals surface area contributed by atoms with Crippen LogP contribution in [0.5, 0.6) is 0 Å². The van der Waals surface area contributed by atoms with E-state index < -0.39 is 5.97 Å². The van der Waals surface area contributed by atoms with Gasteiger partial charge in [0.05, 0.1) is 6.42 Å². The van der Waals surface area contributed by atoms with Gasteiger partial charge in [-0.15, -0.1) is 0 Å². The second kappa shape index (κ2) is 6.43. The molecular formula is C13H17ClN2O3. The van der Waals surface area contributed by atoms with E-state index in [1.54, 1.807) is 19.2 Å². The fourth-order valence-corrected chi connectivity index (χ4v) is 1.71. The van der Waals surface area contributed by atoms with Gasteiger partial charge in [-0.2, -0.15) is 0 Å². The summed E-state index contributed by atoms with van der Waals surface area (Å²) in [5.74, 6) is -0.933. The molecule has 0 aliphatic rings. The lowest BCUT2D eigenvalue weighted by molar-refractivity contribution is -0.137. The number of carbonyl (C=O) groups is 2. The maximum absolute atomic E-state index is 11.8. The zero-order valence-corrected chi connectivity index (χ0v) is 11.9. The summed E-state index contributed by atoms with van der Waals surface area (Å²) in [6.07, 6.45) is -0.0808. The second-order valence-electron chi connectivity index (χ2n) is 4.42. The van der Waals surface area contributed by atoms with Gasteiger partial charge in [-0.1, -0.05) is 11.6 Å². The normalized spacial score (nSPS) is 10.1. The first-order chi connectivity index (χ1) is 8.81. The van der Waals surface area contributed by atoms with Gasteiger partial charge in [0.1, 0.15) is 0 Å². The monoisotopic (exact) mass is 284 g/mol. The number of nitrogens with one attached hydrogen (secondary N) is 1. The number of aliphatic carboxylic acids is 1. The molecule has 1 rings (SSSR count). The summed E-state index contributed by atoms with van der Waals surface area (Å²) >= 11 is 6.04. The molecule has 2 N–H and O–H groups in total. The fourth-order valence-electron chi connectivity index (χ4n) is 1.60. The van der Waals surface area contributed by atoms with Gasteiger partial charge in [0.25, 0.3) is 0 Å². The number of benzene rings is 1. The molecule has 0 radical (unpaired) electrons. The van der Waals surface area contributed by atoms with Crippen LogP contribution in [0.4, 0.5) is 10.5 Å². The number of hydrogen-bond donors (Lipinski definition) is 2. The number of hydrogen-bond acceptors (Lipinski definition) is 2. The molecule has 0 aromatic heterocycles. The summed E-state index contributed by atoms with van der Waals surface area (Å²) < 4.78 is 0. The molecule has 5 nitrogen and oxygen atoms in total. The number of halogens is 1. The smallest absolute Gasteiger partial charge is 0.321 e. The molecule has 104 valence electrons. The Morgan fingerprint density at radius 3 is 2.32 bits per heavy atom. The van der Waals surface area contributed by atoms with Crippen molar-refractivity contribution < 1.29 is 14.7 Å². The van der Waals surface area contributed by atoms with Crippen molar-refractivity contribution in [3.8, 4) is 0 Å². The molecule has 0 aliphatic heterocycles. The molecule has 2 amide bonds. The largest absolute Gasteiger partial charge is 0.481 e. The first kappa shape index (κ1) is 15.3. The average molecular weight is 285 g/mol. The Hall–Kier alpha value is -1.75. The third-order valence-electron chi connectivity index (χ3n) is 2.70. The Labute approximate surface area is 117 Å². The van der Waals surface area contributed by atoms with Crippen LogP contribution in [0.15, 0.2) is 12.1 Å². The van der Waals surface area contributed by atoms with E-state index in [1.807, 2.05) is 13.8 Å². The van der Waals surface area contributed by atoms with Crippen LogP contribution in [0.3, 0.4) is 0 Å². The number of amides is 2. The molecule has 0 fully saturated rings. The van der Waals surface area contributed by atoms with Crippen molar-refractivity contribution in [3.05, 3.63) is 28.3 Å². The van der Waals surface area contributed by atoms with Crippen molar-refractivity contribution in [2.24, 2.45) is 0 Å². The Morgan fingerprint density at radius 2 is 1.84 bits per heavy atom. The molecule has 0 aliphatic carbocycles. The number of nitrogens with zero attached hydrogens (tertiary/aromatic N) is 1. The summed E-state index contributed by atoms with van der Waals surface area (Å²) in [6, 6.07) is 3.21. The van der Waals surface area contributed by atoms with E-state index in [-0.39, 0.29) is 19.0 Å². The van der Waals surface area contributed by atoms with Crippen molar-refractivity contribution in [3.63, 3.8) is 0 Å². The highest BCUT2D eigenvalue weighted by atomic mass is 35.5. The number of anilines is 1. The predicted molar refractivity (Wildman–Crippen MR) is 74.8 cm³/mol. The number of rotatable bonds is 4. The van der Waals surface area contributed by atoms with Crippen molar-refractivity contribution in [1.29, 1.82) is 0 Å². The molecule has 0 saturated heterocycles. The van der Waals surface area contributed by atoms with Crippen molar-refractivity contribution in [2.45, 2.75) is 20.3 Å². The molecule has 1 aromatic carbocycles. The van der Waals surface area contributed by atoms with E-state index in [4.69, 9.17) is 16.7 Å². The van der Waals surface area contributed by atoms with Gasteiger partial charge in [-0.25, -0.2) is 4.79 Å². The minimum absolute atomic E-state index is 0.0808. The summed E-state index contributed by atoms with van der Waals surface area (Å²) in [5.41, 5.74) is 2.40. The van der Waals surface area contributed by atoms with Crippen LogP contribution in [-0.2, 0) is 4.79 Å². The van der Waals surface area contributed by atoms with Crippen LogP contribution < -0.4 is 5.32 Å². The second-order valence-corrected chi connectivity index (χ2v) is 4.80. The van der Waals surface area contributed by atoms with Gasteiger partial charge in [-0.3, -0.25) is 4.79 Å². The van der Waals surface area contributed by atoms with E-state index in [1.165, 1.54) is 4.90 Å². The van der Waals surface area contributed by atoms with Gasteiger partial charge < -0.3 is 15.3 Å². The molecule has 0 spiro atoms. The van der Waals surface area contributed by atoms with Crippen LogP contribution in [0.1, 0.15) is 17.5 Å². The molecule has 0 atom stereocenters. The molecule has 6 heteroatoms. The lowest BCUT2D eigenvalue weighted by Gasteiger charge is -2.17. The van der Waals surface area contributed by atoms with Crippen LogP contribution in [0, 0.1) is 13.8 Å². The van der Waals surface area contributed by atoms with E-state index in [2.05, 4.69) is 5.32 Å². The number of urea groups is 1. The molecular weight excluding hydrogens is 268 g/mol. The quantitative estimate of drug-likeness (QED) is 0.893. The predicted octanol–water partition coefficient (Wildman–Crippen LogP) is 2.90. The van der Waals surface area contributed by atoms with Crippen molar-refractivity contribution in [2.75, 3.05) is 18.9 Å². The highest BCUT2D eigenvalue weighted by molar-refractivity contribution is 6.32. The average Bonchev–Trinajstić information content (AvgIpc) is 2.32. The minimum Gasteiger partial charge on any atom is -0.481 e. The standard InChI is InChI=1S/C13H17ClN2O3/c1-8-6-10(7-9(2)12(8)14)15-13(19)16(3)5-4-11(17)18/h6-7H,4-5H2,1-3H3,(H,15,19)(H,17,18). The SMILES string of the molecule is Cc1cc(NC(=O)N(C)CCC(=O)O)cc(C)c1Cl. The summed E-state index contributed by atoms with van der Waals surface area (Å²) in [4.78, 5) is 23.6. The highest BCUT2D eigenvalue weighted by Crippen LogP contribution is 2.24. The first-order valence-corrected chi connectivity index (χ1v) is 6.19. The summed E-state index contributed by atoms with van der Waals surface area (Å²) in [7, 11) is 1.55. The lowest BCUT2D eigenvalue weighted by Crippen LogP contribution is -2.33. The minimum atomic E-state index is -0.933. The van der Waals surface area contributed by atoms with E-state index in [0.717, 1.165) is 11.1 Å². The van der Waals surface area contributed by atoms with Gasteiger partial charge in [0, 0.05) is 24.3 Å². The Balaban J connectivity index is 2.69. The number of carboxylic acids is 1. The molecule has 0 heterocycles. The Bertz CT molecular complexity index is 480. The van der Waals surface area contributed by atoms with Crippen LogP contribution >= 0.6 is 11.6 Å². The maximum atomic E-state index is 11.8. The van der Waals surface area contributed by atoms with E-state index >= 15 is 0 Å². The van der Waals surface area contributed by atoms with Gasteiger partial charge >= 0.3 is 12.0 Å². The fraction of sp³-hybridized carbons (Fsp3) is 0.385.